The summed E-state index contributed by atoms with van der Waals surface area (Å²) >= 11 is 0. The summed E-state index contributed by atoms with van der Waals surface area (Å²) < 4.78 is 6.03. The minimum Gasteiger partial charge on any atom is -0.491 e. The third kappa shape index (κ3) is 7.93. The number of primary amides is 1. The van der Waals surface area contributed by atoms with E-state index >= 15 is 0 Å². The average Bonchev–Trinajstić information content (AvgIpc) is 3.42. The van der Waals surface area contributed by atoms with E-state index in [1.807, 2.05) is 0 Å². The number of rotatable bonds is 7. The largest absolute Gasteiger partial charge is 0.491 e. The Balaban J connectivity index is 1.54. The van der Waals surface area contributed by atoms with Gasteiger partial charge in [0.1, 0.15) is 24.4 Å². The van der Waals surface area contributed by atoms with Crippen molar-refractivity contribution in [2.75, 3.05) is 39.3 Å². The highest BCUT2D eigenvalue weighted by molar-refractivity contribution is 6.01. The highest BCUT2D eigenvalue weighted by Gasteiger charge is 2.36. The van der Waals surface area contributed by atoms with E-state index < -0.39 is 35.7 Å². The van der Waals surface area contributed by atoms with Crippen molar-refractivity contribution < 1.29 is 28.7 Å². The number of nitrogens with two attached hydrogens (primary N) is 1. The maximum atomic E-state index is 13.5. The molecule has 0 unspecified atom stereocenters. The molecule has 0 aliphatic carbocycles. The molecule has 5 amide bonds. The molecule has 2 fully saturated rings. The van der Waals surface area contributed by atoms with Crippen molar-refractivity contribution in [3.8, 4) is 5.75 Å². The Morgan fingerprint density at radius 3 is 2.58 bits per heavy atom. The fourth-order valence-corrected chi connectivity index (χ4v) is 5.54. The molecule has 0 radical (unpaired) electrons. The SMILES string of the molecule is NC(=O)CC[C@@H]1NC(=O)C[C@@H](C(=O)NCCN2CCCCC2)NC(=O)c2ccccc2OC[C@H]2CCCN2C1=O. The number of hydrogen-bond acceptors (Lipinski definition) is 7. The smallest absolute Gasteiger partial charge is 0.255 e. The quantitative estimate of drug-likeness (QED) is 0.365. The number of likely N-dealkylation sites (tertiary alicyclic amines) is 1. The van der Waals surface area contributed by atoms with Gasteiger partial charge >= 0.3 is 0 Å². The van der Waals surface area contributed by atoms with Gasteiger partial charge < -0.3 is 36.2 Å². The molecule has 1 aromatic carbocycles. The van der Waals surface area contributed by atoms with Crippen LogP contribution in [-0.2, 0) is 19.2 Å². The second kappa shape index (κ2) is 14.1. The van der Waals surface area contributed by atoms with Gasteiger partial charge in [-0.1, -0.05) is 18.6 Å². The van der Waals surface area contributed by atoms with Crippen molar-refractivity contribution in [1.82, 2.24) is 25.8 Å². The summed E-state index contributed by atoms with van der Waals surface area (Å²) in [5.41, 5.74) is 5.57. The number of piperidine rings is 1. The topological polar surface area (TPSA) is 163 Å². The van der Waals surface area contributed by atoms with Crippen molar-refractivity contribution in [2.24, 2.45) is 5.73 Å². The summed E-state index contributed by atoms with van der Waals surface area (Å²) in [6.45, 7) is 3.66. The van der Waals surface area contributed by atoms with Crippen LogP contribution in [0.15, 0.2) is 24.3 Å². The highest BCUT2D eigenvalue weighted by Crippen LogP contribution is 2.24. The molecule has 12 nitrogen and oxygen atoms in total. The lowest BCUT2D eigenvalue weighted by Crippen LogP contribution is -2.54. The number of fused-ring (bicyclic) bond motifs is 2. The van der Waals surface area contributed by atoms with E-state index in [2.05, 4.69) is 20.9 Å². The first-order valence-electron chi connectivity index (χ1n) is 14.2. The molecule has 0 bridgehead atoms. The second-order valence-electron chi connectivity index (χ2n) is 10.7. The minimum atomic E-state index is -1.18. The Morgan fingerprint density at radius 1 is 1.02 bits per heavy atom. The van der Waals surface area contributed by atoms with Crippen molar-refractivity contribution in [1.29, 1.82) is 0 Å². The molecule has 5 N–H and O–H groups in total. The van der Waals surface area contributed by atoms with Gasteiger partial charge in [-0.2, -0.15) is 0 Å². The lowest BCUT2D eigenvalue weighted by atomic mass is 10.1. The zero-order valence-corrected chi connectivity index (χ0v) is 22.9. The van der Waals surface area contributed by atoms with Crippen molar-refractivity contribution in [2.45, 2.75) is 69.5 Å². The molecule has 4 rings (SSSR count). The zero-order chi connectivity index (χ0) is 28.5. The summed E-state index contributed by atoms with van der Waals surface area (Å²) in [5, 5.41) is 8.24. The van der Waals surface area contributed by atoms with Crippen molar-refractivity contribution >= 4 is 29.5 Å². The summed E-state index contributed by atoms with van der Waals surface area (Å²) in [5.74, 6) is -2.20. The van der Waals surface area contributed by atoms with Crippen LogP contribution in [0.5, 0.6) is 5.75 Å². The summed E-state index contributed by atoms with van der Waals surface area (Å²) in [4.78, 5) is 68.6. The van der Waals surface area contributed by atoms with Gasteiger partial charge in [-0.3, -0.25) is 24.0 Å². The number of ether oxygens (including phenoxy) is 1. The molecule has 0 aromatic heterocycles. The van der Waals surface area contributed by atoms with Crippen molar-refractivity contribution in [3.63, 3.8) is 0 Å². The van der Waals surface area contributed by atoms with E-state index in [0.29, 0.717) is 31.8 Å². The average molecular weight is 557 g/mol. The molecular weight excluding hydrogens is 516 g/mol. The third-order valence-corrected chi connectivity index (χ3v) is 7.72. The van der Waals surface area contributed by atoms with E-state index in [9.17, 15) is 24.0 Å². The monoisotopic (exact) mass is 556 g/mol. The maximum absolute atomic E-state index is 13.5. The molecule has 3 aliphatic rings. The lowest BCUT2D eigenvalue weighted by molar-refractivity contribution is -0.138. The molecule has 0 spiro atoms. The Kier molecular flexibility index (Phi) is 10.3. The number of carbonyl (C=O) groups is 5. The van der Waals surface area contributed by atoms with Crippen LogP contribution < -0.4 is 26.4 Å². The lowest BCUT2D eigenvalue weighted by Gasteiger charge is -2.30. The Morgan fingerprint density at radius 2 is 1.80 bits per heavy atom. The van der Waals surface area contributed by atoms with Gasteiger partial charge in [-0.15, -0.1) is 0 Å². The second-order valence-corrected chi connectivity index (χ2v) is 10.7. The minimum absolute atomic E-state index is 0.0336. The van der Waals surface area contributed by atoms with Gasteiger partial charge in [0.05, 0.1) is 18.0 Å². The number of amides is 5. The number of para-hydroxylation sites is 1. The fourth-order valence-electron chi connectivity index (χ4n) is 5.54. The van der Waals surface area contributed by atoms with E-state index in [1.165, 1.54) is 6.42 Å². The predicted molar refractivity (Wildman–Crippen MR) is 146 cm³/mol. The maximum Gasteiger partial charge on any atom is 0.255 e. The van der Waals surface area contributed by atoms with Gasteiger partial charge in [-0.05, 0) is 57.3 Å². The Hall–Kier alpha value is -3.67. The van der Waals surface area contributed by atoms with Gasteiger partial charge in [0.2, 0.25) is 23.6 Å². The molecule has 12 heteroatoms. The Labute approximate surface area is 234 Å². The van der Waals surface area contributed by atoms with E-state index in [0.717, 1.165) is 32.4 Å². The number of nitrogens with one attached hydrogen (secondary N) is 3. The molecular formula is C28H40N6O6. The van der Waals surface area contributed by atoms with Crippen LogP contribution in [0.3, 0.4) is 0 Å². The van der Waals surface area contributed by atoms with E-state index in [4.69, 9.17) is 10.5 Å². The number of carbonyl (C=O) groups excluding carboxylic acids is 5. The van der Waals surface area contributed by atoms with Crippen LogP contribution in [0.2, 0.25) is 0 Å². The molecule has 0 saturated carbocycles. The standard InChI is InChI=1S/C28H40N6O6/c29-24(35)11-10-21-28(39)34-15-6-7-19(34)18-40-23-9-3-2-8-20(23)26(37)32-22(17-25(36)31-21)27(38)30-12-16-33-13-4-1-5-14-33/h2-3,8-9,19,21-22H,1,4-7,10-18H2,(H2,29,35)(H,30,38)(H,31,36)(H,32,37)/t19-,21+,22+/m1/s1. The normalized spacial score (nSPS) is 24.6. The van der Waals surface area contributed by atoms with Crippen LogP contribution >= 0.6 is 0 Å². The van der Waals surface area contributed by atoms with Crippen LogP contribution in [-0.4, -0.2) is 96.8 Å². The molecule has 218 valence electrons. The van der Waals surface area contributed by atoms with Gasteiger partial charge in [0.25, 0.3) is 5.91 Å². The molecule has 3 aliphatic heterocycles. The number of benzene rings is 1. The van der Waals surface area contributed by atoms with Crippen molar-refractivity contribution in [3.05, 3.63) is 29.8 Å². The van der Waals surface area contributed by atoms with E-state index in [1.54, 1.807) is 29.2 Å². The third-order valence-electron chi connectivity index (χ3n) is 7.72. The summed E-state index contributed by atoms with van der Waals surface area (Å²) in [7, 11) is 0. The van der Waals surface area contributed by atoms with Crippen LogP contribution in [0.25, 0.3) is 0 Å². The first-order chi connectivity index (χ1) is 19.3. The van der Waals surface area contributed by atoms with Gasteiger partial charge in [0, 0.05) is 26.1 Å². The highest BCUT2D eigenvalue weighted by atomic mass is 16.5. The van der Waals surface area contributed by atoms with E-state index in [-0.39, 0.29) is 43.4 Å². The van der Waals surface area contributed by atoms with Crippen LogP contribution in [0, 0.1) is 0 Å². The van der Waals surface area contributed by atoms with Gasteiger partial charge in [-0.25, -0.2) is 0 Å². The molecule has 40 heavy (non-hydrogen) atoms. The first kappa shape index (κ1) is 29.3. The van der Waals surface area contributed by atoms with Crippen LogP contribution in [0.4, 0.5) is 0 Å². The molecule has 1 aromatic rings. The predicted octanol–water partition coefficient (Wildman–Crippen LogP) is -0.0891. The van der Waals surface area contributed by atoms with Gasteiger partial charge in [0.15, 0.2) is 0 Å². The van der Waals surface area contributed by atoms with Crippen LogP contribution in [0.1, 0.15) is 61.7 Å². The Bertz CT molecular complexity index is 1090. The zero-order valence-electron chi connectivity index (χ0n) is 22.9. The first-order valence-corrected chi connectivity index (χ1v) is 14.2. The molecule has 3 heterocycles. The summed E-state index contributed by atoms with van der Waals surface area (Å²) in [6.07, 6.45) is 4.49. The molecule has 2 saturated heterocycles. The summed E-state index contributed by atoms with van der Waals surface area (Å²) in [6, 6.07) is 4.27. The number of nitrogens with zero attached hydrogens (tertiary/aromatic N) is 2. The number of hydrogen-bond donors (Lipinski definition) is 4. The fraction of sp³-hybridized carbons (Fsp3) is 0.607. The molecule has 3 atom stereocenters.